The van der Waals surface area contributed by atoms with Gasteiger partial charge in [-0.05, 0) is 16.5 Å². The van der Waals surface area contributed by atoms with Crippen molar-refractivity contribution in [1.82, 2.24) is 25.3 Å². The van der Waals surface area contributed by atoms with Crippen molar-refractivity contribution in [3.8, 4) is 0 Å². The number of amides is 1. The van der Waals surface area contributed by atoms with Crippen LogP contribution >= 0.6 is 12.6 Å². The molecular weight excluding hydrogens is 192 g/mol. The molecule has 0 radical (unpaired) electrons. The highest BCUT2D eigenvalue weighted by Crippen LogP contribution is 2.08. The Bertz CT molecular complexity index is 479. The summed E-state index contributed by atoms with van der Waals surface area (Å²) in [6, 6.07) is 1.41. The Morgan fingerprint density at radius 1 is 1.62 bits per heavy atom. The third kappa shape index (κ3) is 1.20. The minimum Gasteiger partial charge on any atom is -0.365 e. The van der Waals surface area contributed by atoms with E-state index in [-0.39, 0.29) is 11.2 Å². The number of fused-ring (bicyclic) bond motifs is 1. The standard InChI is InChI=1S/C5H4N6OS/c6-4(12)2-1-3(13)8-11-5(2)7-9-10-11/h1H,(H2,6,12)(H,8,13). The summed E-state index contributed by atoms with van der Waals surface area (Å²) in [5.74, 6) is -0.613. The molecule has 66 valence electrons. The van der Waals surface area contributed by atoms with Crippen molar-refractivity contribution in [1.29, 1.82) is 0 Å². The fourth-order valence-corrected chi connectivity index (χ4v) is 1.13. The first-order valence-corrected chi connectivity index (χ1v) is 3.71. The highest BCUT2D eigenvalue weighted by molar-refractivity contribution is 7.80. The second-order valence-corrected chi connectivity index (χ2v) is 2.73. The molecule has 0 aromatic carbocycles. The molecule has 13 heavy (non-hydrogen) atoms. The molecule has 0 aliphatic heterocycles. The van der Waals surface area contributed by atoms with Crippen LogP contribution in [0.2, 0.25) is 0 Å². The molecule has 8 heteroatoms. The Hall–Kier alpha value is -1.70. The number of thiol groups is 1. The Labute approximate surface area is 77.3 Å². The summed E-state index contributed by atoms with van der Waals surface area (Å²) in [5, 5.41) is 14.6. The van der Waals surface area contributed by atoms with Gasteiger partial charge in [-0.25, -0.2) is 0 Å². The molecule has 7 nitrogen and oxygen atoms in total. The molecule has 2 rings (SSSR count). The van der Waals surface area contributed by atoms with Crippen molar-refractivity contribution in [3.63, 3.8) is 0 Å². The van der Waals surface area contributed by atoms with E-state index in [1.54, 1.807) is 0 Å². The minimum atomic E-state index is -0.613. The predicted octanol–water partition coefficient (Wildman–Crippen LogP) is -1.09. The van der Waals surface area contributed by atoms with Crippen molar-refractivity contribution in [2.45, 2.75) is 5.03 Å². The van der Waals surface area contributed by atoms with Crippen LogP contribution in [0.3, 0.4) is 0 Å². The van der Waals surface area contributed by atoms with Crippen molar-refractivity contribution in [3.05, 3.63) is 11.6 Å². The molecule has 0 bridgehead atoms. The number of carbonyl (C=O) groups excluding carboxylic acids is 1. The van der Waals surface area contributed by atoms with E-state index in [1.165, 1.54) is 6.07 Å². The van der Waals surface area contributed by atoms with Gasteiger partial charge in [-0.3, -0.25) is 4.79 Å². The zero-order valence-electron chi connectivity index (χ0n) is 6.25. The average Bonchev–Trinajstić information content (AvgIpc) is 2.49. The molecule has 0 aliphatic rings. The lowest BCUT2D eigenvalue weighted by Gasteiger charge is -1.96. The number of carbonyl (C=O) groups is 1. The van der Waals surface area contributed by atoms with Crippen LogP contribution in [0.5, 0.6) is 0 Å². The van der Waals surface area contributed by atoms with Crippen LogP contribution in [0, 0.1) is 0 Å². The maximum Gasteiger partial charge on any atom is 0.252 e. The summed E-state index contributed by atoms with van der Waals surface area (Å²) in [6.45, 7) is 0. The van der Waals surface area contributed by atoms with Crippen molar-refractivity contribution in [2.75, 3.05) is 0 Å². The Morgan fingerprint density at radius 3 is 3.08 bits per heavy atom. The molecule has 2 aromatic rings. The van der Waals surface area contributed by atoms with Gasteiger partial charge < -0.3 is 5.73 Å². The van der Waals surface area contributed by atoms with Gasteiger partial charge in [-0.1, -0.05) is 0 Å². The van der Waals surface area contributed by atoms with Crippen LogP contribution in [0.15, 0.2) is 11.1 Å². The van der Waals surface area contributed by atoms with Gasteiger partial charge in [0.25, 0.3) is 5.91 Å². The minimum absolute atomic E-state index is 0.199. The van der Waals surface area contributed by atoms with Gasteiger partial charge in [0, 0.05) is 0 Å². The highest BCUT2D eigenvalue weighted by Gasteiger charge is 2.11. The maximum absolute atomic E-state index is 10.9. The maximum atomic E-state index is 10.9. The summed E-state index contributed by atoms with van der Waals surface area (Å²) in [4.78, 5) is 10.9. The normalized spacial score (nSPS) is 10.5. The van der Waals surface area contributed by atoms with E-state index in [9.17, 15) is 4.79 Å². The highest BCUT2D eigenvalue weighted by atomic mass is 32.1. The van der Waals surface area contributed by atoms with Crippen LogP contribution in [-0.2, 0) is 0 Å². The third-order valence-corrected chi connectivity index (χ3v) is 1.65. The van der Waals surface area contributed by atoms with Crippen LogP contribution in [0.4, 0.5) is 0 Å². The zero-order valence-corrected chi connectivity index (χ0v) is 7.14. The second-order valence-electron chi connectivity index (χ2n) is 2.27. The summed E-state index contributed by atoms with van der Waals surface area (Å²) < 4.78 is 1.10. The number of hydrogen-bond acceptors (Lipinski definition) is 6. The Kier molecular flexibility index (Phi) is 1.62. The molecule has 1 amide bonds. The SMILES string of the molecule is NC(=O)c1cc(S)nn2nnnc12. The fourth-order valence-electron chi connectivity index (χ4n) is 0.912. The van der Waals surface area contributed by atoms with E-state index in [2.05, 4.69) is 33.3 Å². The number of tetrazole rings is 1. The van der Waals surface area contributed by atoms with Gasteiger partial charge in [-0.15, -0.1) is 27.5 Å². The number of primary amides is 1. The molecule has 0 atom stereocenters. The van der Waals surface area contributed by atoms with E-state index in [1.807, 2.05) is 0 Å². The number of nitrogens with zero attached hydrogens (tertiary/aromatic N) is 5. The van der Waals surface area contributed by atoms with Gasteiger partial charge in [0.1, 0.15) is 5.03 Å². The molecule has 2 heterocycles. The molecule has 0 saturated heterocycles. The fraction of sp³-hybridized carbons (Fsp3) is 0. The van der Waals surface area contributed by atoms with E-state index in [0.29, 0.717) is 5.03 Å². The lowest BCUT2D eigenvalue weighted by Crippen LogP contribution is -2.14. The van der Waals surface area contributed by atoms with E-state index >= 15 is 0 Å². The van der Waals surface area contributed by atoms with Crippen LogP contribution in [0.25, 0.3) is 5.65 Å². The molecule has 0 saturated carbocycles. The number of nitrogens with two attached hydrogens (primary N) is 1. The van der Waals surface area contributed by atoms with Crippen LogP contribution in [0.1, 0.15) is 10.4 Å². The topological polar surface area (TPSA) is 99.1 Å². The molecule has 2 N–H and O–H groups in total. The van der Waals surface area contributed by atoms with Crippen LogP contribution in [-0.4, -0.2) is 31.2 Å². The first-order valence-electron chi connectivity index (χ1n) is 3.26. The number of hydrogen-bond donors (Lipinski definition) is 2. The van der Waals surface area contributed by atoms with E-state index in [4.69, 9.17) is 5.73 Å². The largest absolute Gasteiger partial charge is 0.365 e. The van der Waals surface area contributed by atoms with Crippen molar-refractivity contribution in [2.24, 2.45) is 5.73 Å². The molecule has 0 aliphatic carbocycles. The smallest absolute Gasteiger partial charge is 0.252 e. The summed E-state index contributed by atoms with van der Waals surface area (Å²) in [5.41, 5.74) is 5.52. The van der Waals surface area contributed by atoms with Gasteiger partial charge in [0.15, 0.2) is 0 Å². The molecule has 0 unspecified atom stereocenters. The van der Waals surface area contributed by atoms with Crippen molar-refractivity contribution < 1.29 is 4.79 Å². The first kappa shape index (κ1) is 7.92. The molecule has 0 spiro atoms. The average molecular weight is 196 g/mol. The number of aromatic nitrogens is 5. The van der Waals surface area contributed by atoms with Gasteiger partial charge in [0.2, 0.25) is 5.65 Å². The monoisotopic (exact) mass is 196 g/mol. The second kappa shape index (κ2) is 2.66. The lowest BCUT2D eigenvalue weighted by molar-refractivity contribution is 0.100. The van der Waals surface area contributed by atoms with Gasteiger partial charge >= 0.3 is 0 Å². The lowest BCUT2D eigenvalue weighted by atomic mass is 10.3. The molecule has 0 fully saturated rings. The Morgan fingerprint density at radius 2 is 2.38 bits per heavy atom. The third-order valence-electron chi connectivity index (χ3n) is 1.43. The first-order chi connectivity index (χ1) is 6.18. The van der Waals surface area contributed by atoms with Gasteiger partial charge in [-0.2, -0.15) is 0 Å². The van der Waals surface area contributed by atoms with Crippen molar-refractivity contribution >= 4 is 24.2 Å². The summed E-state index contributed by atoms with van der Waals surface area (Å²) in [7, 11) is 0. The van der Waals surface area contributed by atoms with Gasteiger partial charge in [0.05, 0.1) is 5.56 Å². The molecule has 2 aromatic heterocycles. The summed E-state index contributed by atoms with van der Waals surface area (Å²) in [6.07, 6.45) is 0. The quantitative estimate of drug-likeness (QED) is 0.564. The molecular formula is C5H4N6OS. The summed E-state index contributed by atoms with van der Waals surface area (Å²) >= 11 is 3.96. The zero-order chi connectivity index (χ0) is 9.42. The number of rotatable bonds is 1. The van der Waals surface area contributed by atoms with E-state index in [0.717, 1.165) is 4.63 Å². The predicted molar refractivity (Wildman–Crippen MR) is 44.3 cm³/mol. The van der Waals surface area contributed by atoms with Crippen LogP contribution < -0.4 is 5.73 Å². The Balaban J connectivity index is 2.84. The van der Waals surface area contributed by atoms with E-state index < -0.39 is 5.91 Å².